The van der Waals surface area contributed by atoms with E-state index < -0.39 is 6.23 Å². The first-order valence-electron chi connectivity index (χ1n) is 9.24. The van der Waals surface area contributed by atoms with Gasteiger partial charge in [-0.25, -0.2) is 0 Å². The minimum Gasteiger partial charge on any atom is -0.447 e. The van der Waals surface area contributed by atoms with Gasteiger partial charge in [0.05, 0.1) is 5.69 Å². The van der Waals surface area contributed by atoms with Crippen LogP contribution in [-0.2, 0) is 4.79 Å². The van der Waals surface area contributed by atoms with Crippen molar-refractivity contribution in [2.45, 2.75) is 31.1 Å². The number of hydrogen-bond donors (Lipinski definition) is 0. The van der Waals surface area contributed by atoms with E-state index in [0.717, 1.165) is 17.5 Å². The molecule has 1 aliphatic heterocycles. The summed E-state index contributed by atoms with van der Waals surface area (Å²) in [6.07, 6.45) is 2.27. The van der Waals surface area contributed by atoms with Gasteiger partial charge in [-0.2, -0.15) is 4.98 Å². The number of ether oxygens (including phenoxy) is 1. The molecule has 1 amide bonds. The molecule has 0 radical (unpaired) electrons. The fourth-order valence-corrected chi connectivity index (χ4v) is 3.78. The molecule has 0 saturated heterocycles. The molecule has 0 aliphatic carbocycles. The van der Waals surface area contributed by atoms with E-state index in [0.29, 0.717) is 33.9 Å². The van der Waals surface area contributed by atoms with Gasteiger partial charge in [0.1, 0.15) is 0 Å². The Labute approximate surface area is 178 Å². The lowest BCUT2D eigenvalue weighted by Gasteiger charge is -2.31. The molecule has 2 aromatic carbocycles. The van der Waals surface area contributed by atoms with Crippen molar-refractivity contribution in [2.75, 3.05) is 11.2 Å². The van der Waals surface area contributed by atoms with Gasteiger partial charge in [0.15, 0.2) is 5.69 Å². The van der Waals surface area contributed by atoms with E-state index in [1.165, 1.54) is 11.8 Å². The SMILES string of the molecule is CCCC(=O)N1c2ccccc2-c2nnc(SC)nc2O[C@@H]1c1cccc(Cl)c1. The van der Waals surface area contributed by atoms with Crippen LogP contribution in [0.3, 0.4) is 0 Å². The molecule has 29 heavy (non-hydrogen) atoms. The Kier molecular flexibility index (Phi) is 5.69. The third kappa shape index (κ3) is 3.80. The summed E-state index contributed by atoms with van der Waals surface area (Å²) in [6.45, 7) is 1.98. The van der Waals surface area contributed by atoms with Gasteiger partial charge in [-0.05, 0) is 30.9 Å². The number of aromatic nitrogens is 3. The molecule has 2 heterocycles. The Bertz CT molecular complexity index is 1060. The highest BCUT2D eigenvalue weighted by atomic mass is 35.5. The van der Waals surface area contributed by atoms with E-state index in [4.69, 9.17) is 16.3 Å². The highest BCUT2D eigenvalue weighted by Gasteiger charge is 2.35. The van der Waals surface area contributed by atoms with Gasteiger partial charge in [-0.15, -0.1) is 10.2 Å². The topological polar surface area (TPSA) is 68.2 Å². The summed E-state index contributed by atoms with van der Waals surface area (Å²) in [7, 11) is 0. The maximum absolute atomic E-state index is 13.2. The normalized spacial score (nSPS) is 15.1. The summed E-state index contributed by atoms with van der Waals surface area (Å²) in [5.74, 6) is 0.296. The molecule has 3 aromatic rings. The van der Waals surface area contributed by atoms with Gasteiger partial charge in [0.25, 0.3) is 0 Å². The van der Waals surface area contributed by atoms with Gasteiger partial charge in [0.2, 0.25) is 23.2 Å². The summed E-state index contributed by atoms with van der Waals surface area (Å²) < 4.78 is 6.32. The Morgan fingerprint density at radius 2 is 2.03 bits per heavy atom. The van der Waals surface area contributed by atoms with Crippen molar-refractivity contribution < 1.29 is 9.53 Å². The summed E-state index contributed by atoms with van der Waals surface area (Å²) in [6, 6.07) is 14.9. The molecule has 1 aromatic heterocycles. The first-order valence-corrected chi connectivity index (χ1v) is 10.8. The molecule has 4 rings (SSSR count). The lowest BCUT2D eigenvalue weighted by Crippen LogP contribution is -2.37. The number of rotatable bonds is 4. The highest BCUT2D eigenvalue weighted by molar-refractivity contribution is 7.98. The van der Waals surface area contributed by atoms with E-state index in [2.05, 4.69) is 15.2 Å². The van der Waals surface area contributed by atoms with Gasteiger partial charge < -0.3 is 4.74 Å². The molecule has 8 heteroatoms. The first-order chi connectivity index (χ1) is 14.1. The third-order valence-electron chi connectivity index (χ3n) is 4.56. The fraction of sp³-hybridized carbons (Fsp3) is 0.238. The maximum Gasteiger partial charge on any atom is 0.247 e. The number of anilines is 1. The average molecular weight is 427 g/mol. The molecule has 1 aliphatic rings. The minimum absolute atomic E-state index is 0.0456. The number of nitrogens with zero attached hydrogens (tertiary/aromatic N) is 4. The van der Waals surface area contributed by atoms with Crippen molar-refractivity contribution in [3.8, 4) is 17.1 Å². The second-order valence-electron chi connectivity index (χ2n) is 6.51. The predicted molar refractivity (Wildman–Crippen MR) is 114 cm³/mol. The van der Waals surface area contributed by atoms with Crippen LogP contribution in [0, 0.1) is 0 Å². The lowest BCUT2D eigenvalue weighted by atomic mass is 10.1. The highest BCUT2D eigenvalue weighted by Crippen LogP contribution is 2.43. The lowest BCUT2D eigenvalue weighted by molar-refractivity contribution is -0.120. The van der Waals surface area contributed by atoms with E-state index in [9.17, 15) is 4.79 Å². The summed E-state index contributed by atoms with van der Waals surface area (Å²) >= 11 is 7.62. The number of thioether (sulfide) groups is 1. The number of fused-ring (bicyclic) bond motifs is 3. The Balaban J connectivity index is 1.96. The number of para-hydroxylation sites is 1. The molecule has 0 fully saturated rings. The number of carbonyl (C=O) groups excluding carboxylic acids is 1. The van der Waals surface area contributed by atoms with Gasteiger partial charge in [-0.3, -0.25) is 9.69 Å². The predicted octanol–water partition coefficient (Wildman–Crippen LogP) is 5.14. The molecule has 148 valence electrons. The van der Waals surface area contributed by atoms with Crippen molar-refractivity contribution in [3.63, 3.8) is 0 Å². The maximum atomic E-state index is 13.2. The van der Waals surface area contributed by atoms with E-state index in [-0.39, 0.29) is 5.91 Å². The standard InChI is InChI=1S/C21H19ClN4O2S/c1-3-7-17(27)26-16-11-5-4-10-15(16)18-19(23-21(29-2)25-24-18)28-20(26)13-8-6-9-14(22)12-13/h4-6,8-12,20H,3,7H2,1-2H3/t20-/m1/s1. The zero-order valence-electron chi connectivity index (χ0n) is 16.0. The minimum atomic E-state index is -0.721. The molecular formula is C21H19ClN4O2S. The molecule has 1 atom stereocenters. The van der Waals surface area contributed by atoms with Crippen LogP contribution >= 0.6 is 23.4 Å². The third-order valence-corrected chi connectivity index (χ3v) is 5.33. The molecule has 0 bridgehead atoms. The number of halogens is 1. The van der Waals surface area contributed by atoms with E-state index in [1.807, 2.05) is 49.6 Å². The molecule has 0 spiro atoms. The van der Waals surface area contributed by atoms with Crippen molar-refractivity contribution in [2.24, 2.45) is 0 Å². The van der Waals surface area contributed by atoms with Crippen LogP contribution in [0.4, 0.5) is 5.69 Å². The van der Waals surface area contributed by atoms with Crippen molar-refractivity contribution in [3.05, 3.63) is 59.1 Å². The second-order valence-corrected chi connectivity index (χ2v) is 7.72. The van der Waals surface area contributed by atoms with Gasteiger partial charge in [0, 0.05) is 22.6 Å². The average Bonchev–Trinajstić information content (AvgIpc) is 2.88. The van der Waals surface area contributed by atoms with Crippen LogP contribution in [0.15, 0.2) is 53.7 Å². The largest absolute Gasteiger partial charge is 0.447 e. The Morgan fingerprint density at radius 3 is 2.79 bits per heavy atom. The van der Waals surface area contributed by atoms with E-state index in [1.54, 1.807) is 17.0 Å². The summed E-state index contributed by atoms with van der Waals surface area (Å²) in [5.41, 5.74) is 2.73. The summed E-state index contributed by atoms with van der Waals surface area (Å²) in [4.78, 5) is 19.4. The molecule has 0 N–H and O–H groups in total. The first kappa shape index (κ1) is 19.7. The molecule has 0 unspecified atom stereocenters. The molecule has 6 nitrogen and oxygen atoms in total. The monoisotopic (exact) mass is 426 g/mol. The van der Waals surface area contributed by atoms with Crippen molar-refractivity contribution >= 4 is 35.0 Å². The van der Waals surface area contributed by atoms with Gasteiger partial charge >= 0.3 is 0 Å². The fourth-order valence-electron chi connectivity index (χ4n) is 3.28. The van der Waals surface area contributed by atoms with Crippen molar-refractivity contribution in [1.29, 1.82) is 0 Å². The molecule has 0 saturated carbocycles. The quantitative estimate of drug-likeness (QED) is 0.538. The second kappa shape index (κ2) is 8.39. The van der Waals surface area contributed by atoms with Crippen LogP contribution in [0.25, 0.3) is 11.3 Å². The Morgan fingerprint density at radius 1 is 1.21 bits per heavy atom. The van der Waals surface area contributed by atoms with Crippen LogP contribution < -0.4 is 9.64 Å². The van der Waals surface area contributed by atoms with Crippen LogP contribution in [0.2, 0.25) is 5.02 Å². The van der Waals surface area contributed by atoms with Crippen LogP contribution in [0.1, 0.15) is 31.6 Å². The number of benzene rings is 2. The van der Waals surface area contributed by atoms with Crippen LogP contribution in [-0.4, -0.2) is 27.3 Å². The van der Waals surface area contributed by atoms with Crippen molar-refractivity contribution in [1.82, 2.24) is 15.2 Å². The molecular weight excluding hydrogens is 408 g/mol. The zero-order chi connectivity index (χ0) is 20.4. The number of hydrogen-bond acceptors (Lipinski definition) is 6. The Hall–Kier alpha value is -2.64. The van der Waals surface area contributed by atoms with Gasteiger partial charge in [-0.1, -0.05) is 60.6 Å². The summed E-state index contributed by atoms with van der Waals surface area (Å²) in [5, 5.41) is 9.59. The van der Waals surface area contributed by atoms with Crippen LogP contribution in [0.5, 0.6) is 5.88 Å². The van der Waals surface area contributed by atoms with E-state index >= 15 is 0 Å². The zero-order valence-corrected chi connectivity index (χ0v) is 17.6. The number of carbonyl (C=O) groups is 1. The smallest absolute Gasteiger partial charge is 0.247 e. The number of amides is 1.